The lowest BCUT2D eigenvalue weighted by Crippen LogP contribution is -2.18. The van der Waals surface area contributed by atoms with Gasteiger partial charge in [-0.3, -0.25) is 4.79 Å². The Balaban J connectivity index is 2.07. The normalized spacial score (nSPS) is 10.7. The number of aromatic hydroxyl groups is 2. The number of amides is 1. The molecule has 0 aliphatic rings. The summed E-state index contributed by atoms with van der Waals surface area (Å²) in [6.07, 6.45) is 1.31. The number of hydrogen-bond acceptors (Lipinski definition) is 4. The van der Waals surface area contributed by atoms with Crippen molar-refractivity contribution in [3.63, 3.8) is 0 Å². The van der Waals surface area contributed by atoms with Crippen LogP contribution in [-0.2, 0) is 0 Å². The molecule has 0 fully saturated rings. The van der Waals surface area contributed by atoms with Crippen molar-refractivity contribution in [2.75, 3.05) is 0 Å². The van der Waals surface area contributed by atoms with Crippen molar-refractivity contribution in [1.29, 1.82) is 0 Å². The number of hydrogen-bond donors (Lipinski definition) is 3. The van der Waals surface area contributed by atoms with Crippen LogP contribution in [0.4, 0.5) is 0 Å². The summed E-state index contributed by atoms with van der Waals surface area (Å²) in [6, 6.07) is 11.3. The zero-order valence-corrected chi connectivity index (χ0v) is 10.9. The fraction of sp³-hybridized carbons (Fsp3) is 0.0667. The highest BCUT2D eigenvalue weighted by atomic mass is 16.3. The topological polar surface area (TPSA) is 81.9 Å². The van der Waals surface area contributed by atoms with Gasteiger partial charge < -0.3 is 10.2 Å². The zero-order chi connectivity index (χ0) is 14.5. The average Bonchev–Trinajstić information content (AvgIpc) is 2.41. The Morgan fingerprint density at radius 2 is 1.95 bits per heavy atom. The summed E-state index contributed by atoms with van der Waals surface area (Å²) in [4.78, 5) is 11.9. The van der Waals surface area contributed by atoms with Crippen LogP contribution in [0, 0.1) is 6.92 Å². The number of carbonyl (C=O) groups is 1. The first-order chi connectivity index (χ1) is 9.58. The summed E-state index contributed by atoms with van der Waals surface area (Å²) in [7, 11) is 0. The maximum Gasteiger partial charge on any atom is 0.271 e. The van der Waals surface area contributed by atoms with E-state index in [9.17, 15) is 9.90 Å². The van der Waals surface area contributed by atoms with E-state index in [4.69, 9.17) is 5.11 Å². The van der Waals surface area contributed by atoms with Gasteiger partial charge in [-0.25, -0.2) is 5.43 Å². The fourth-order valence-corrected chi connectivity index (χ4v) is 1.69. The van der Waals surface area contributed by atoms with E-state index < -0.39 is 0 Å². The molecule has 0 spiro atoms. The van der Waals surface area contributed by atoms with Gasteiger partial charge >= 0.3 is 0 Å². The standard InChI is InChI=1S/C15H14N2O3/c1-10-4-2-3-5-13(10)15(20)17-16-9-11-6-7-12(18)8-14(11)19/h2-9,18-19H,1H3,(H,17,20). The number of phenols is 2. The second kappa shape index (κ2) is 5.88. The van der Waals surface area contributed by atoms with Gasteiger partial charge in [-0.2, -0.15) is 5.10 Å². The lowest BCUT2D eigenvalue weighted by Gasteiger charge is -2.03. The second-order valence-corrected chi connectivity index (χ2v) is 4.26. The van der Waals surface area contributed by atoms with Crippen molar-refractivity contribution in [2.45, 2.75) is 6.92 Å². The van der Waals surface area contributed by atoms with Crippen molar-refractivity contribution in [3.05, 3.63) is 59.2 Å². The Kier molecular flexibility index (Phi) is 4.00. The van der Waals surface area contributed by atoms with E-state index in [1.165, 1.54) is 24.4 Å². The molecule has 0 aliphatic carbocycles. The molecule has 0 saturated carbocycles. The molecule has 2 rings (SSSR count). The monoisotopic (exact) mass is 270 g/mol. The van der Waals surface area contributed by atoms with Gasteiger partial charge in [0.15, 0.2) is 0 Å². The quantitative estimate of drug-likeness (QED) is 0.590. The van der Waals surface area contributed by atoms with Crippen LogP contribution < -0.4 is 5.43 Å². The van der Waals surface area contributed by atoms with E-state index >= 15 is 0 Å². The molecule has 0 unspecified atom stereocenters. The molecule has 0 aromatic heterocycles. The maximum absolute atomic E-state index is 11.9. The molecule has 0 bridgehead atoms. The van der Waals surface area contributed by atoms with Gasteiger partial charge in [0, 0.05) is 17.2 Å². The fourth-order valence-electron chi connectivity index (χ4n) is 1.69. The van der Waals surface area contributed by atoms with Gasteiger partial charge in [0.1, 0.15) is 11.5 Å². The lowest BCUT2D eigenvalue weighted by molar-refractivity contribution is 0.0954. The van der Waals surface area contributed by atoms with E-state index in [0.29, 0.717) is 11.1 Å². The predicted molar refractivity (Wildman–Crippen MR) is 76.0 cm³/mol. The van der Waals surface area contributed by atoms with E-state index in [0.717, 1.165) is 5.56 Å². The number of benzene rings is 2. The smallest absolute Gasteiger partial charge is 0.271 e. The first-order valence-corrected chi connectivity index (χ1v) is 5.99. The van der Waals surface area contributed by atoms with Crippen molar-refractivity contribution in [1.82, 2.24) is 5.43 Å². The Morgan fingerprint density at radius 3 is 2.65 bits per heavy atom. The number of nitrogens with zero attached hydrogens (tertiary/aromatic N) is 1. The summed E-state index contributed by atoms with van der Waals surface area (Å²) in [5.41, 5.74) is 4.18. The predicted octanol–water partition coefficient (Wildman–Crippen LogP) is 2.17. The van der Waals surface area contributed by atoms with Gasteiger partial charge in [0.2, 0.25) is 0 Å². The van der Waals surface area contributed by atoms with Crippen LogP contribution in [-0.4, -0.2) is 22.3 Å². The van der Waals surface area contributed by atoms with Crippen molar-refractivity contribution >= 4 is 12.1 Å². The van der Waals surface area contributed by atoms with Crippen LogP contribution in [0.25, 0.3) is 0 Å². The summed E-state index contributed by atoms with van der Waals surface area (Å²) in [5.74, 6) is -0.472. The number of nitrogens with one attached hydrogen (secondary N) is 1. The molecule has 5 heteroatoms. The molecule has 0 atom stereocenters. The Morgan fingerprint density at radius 1 is 1.20 bits per heavy atom. The van der Waals surface area contributed by atoms with Gasteiger partial charge in [-0.1, -0.05) is 18.2 Å². The van der Waals surface area contributed by atoms with Crippen molar-refractivity contribution < 1.29 is 15.0 Å². The highest BCUT2D eigenvalue weighted by Gasteiger charge is 2.06. The molecule has 5 nitrogen and oxygen atoms in total. The lowest BCUT2D eigenvalue weighted by atomic mass is 10.1. The molecule has 0 radical (unpaired) electrons. The summed E-state index contributed by atoms with van der Waals surface area (Å²) in [5, 5.41) is 22.5. The molecule has 2 aromatic carbocycles. The van der Waals surface area contributed by atoms with E-state index in [2.05, 4.69) is 10.5 Å². The number of phenolic OH excluding ortho intramolecular Hbond substituents is 2. The third-order valence-corrected chi connectivity index (χ3v) is 2.77. The molecule has 0 aliphatic heterocycles. The first kappa shape index (κ1) is 13.6. The minimum absolute atomic E-state index is 0.0383. The number of carbonyl (C=O) groups excluding carboxylic acids is 1. The van der Waals surface area contributed by atoms with Gasteiger partial charge in [-0.05, 0) is 30.7 Å². The molecule has 0 saturated heterocycles. The van der Waals surface area contributed by atoms with E-state index in [1.54, 1.807) is 12.1 Å². The Labute approximate surface area is 116 Å². The van der Waals surface area contributed by atoms with Crippen LogP contribution in [0.5, 0.6) is 11.5 Å². The minimum Gasteiger partial charge on any atom is -0.508 e. The first-order valence-electron chi connectivity index (χ1n) is 5.99. The zero-order valence-electron chi connectivity index (χ0n) is 10.9. The average molecular weight is 270 g/mol. The highest BCUT2D eigenvalue weighted by molar-refractivity contribution is 5.96. The maximum atomic E-state index is 11.9. The Bertz CT molecular complexity index is 666. The largest absolute Gasteiger partial charge is 0.508 e. The molecule has 1 amide bonds. The molecular formula is C15H14N2O3. The van der Waals surface area contributed by atoms with Gasteiger partial charge in [-0.15, -0.1) is 0 Å². The highest BCUT2D eigenvalue weighted by Crippen LogP contribution is 2.20. The van der Waals surface area contributed by atoms with Crippen molar-refractivity contribution in [3.8, 4) is 11.5 Å². The Hall–Kier alpha value is -2.82. The number of hydrazone groups is 1. The molecule has 2 aromatic rings. The van der Waals surface area contributed by atoms with Crippen LogP contribution in [0.15, 0.2) is 47.6 Å². The number of aryl methyl sites for hydroxylation is 1. The van der Waals surface area contributed by atoms with Crippen LogP contribution >= 0.6 is 0 Å². The third-order valence-electron chi connectivity index (χ3n) is 2.77. The summed E-state index contributed by atoms with van der Waals surface area (Å²) in [6.45, 7) is 1.84. The van der Waals surface area contributed by atoms with Crippen LogP contribution in [0.1, 0.15) is 21.5 Å². The summed E-state index contributed by atoms with van der Waals surface area (Å²) >= 11 is 0. The van der Waals surface area contributed by atoms with E-state index in [1.807, 2.05) is 19.1 Å². The van der Waals surface area contributed by atoms with Crippen molar-refractivity contribution in [2.24, 2.45) is 5.10 Å². The molecule has 102 valence electrons. The third kappa shape index (κ3) is 3.14. The number of rotatable bonds is 3. The summed E-state index contributed by atoms with van der Waals surface area (Å²) < 4.78 is 0. The van der Waals surface area contributed by atoms with Crippen LogP contribution in [0.3, 0.4) is 0 Å². The SMILES string of the molecule is Cc1ccccc1C(=O)NN=Cc1ccc(O)cc1O. The molecule has 20 heavy (non-hydrogen) atoms. The minimum atomic E-state index is -0.322. The van der Waals surface area contributed by atoms with Gasteiger partial charge in [0.25, 0.3) is 5.91 Å². The van der Waals surface area contributed by atoms with Crippen LogP contribution in [0.2, 0.25) is 0 Å². The molecule has 0 heterocycles. The van der Waals surface area contributed by atoms with Gasteiger partial charge in [0.05, 0.1) is 6.21 Å². The molecule has 3 N–H and O–H groups in total. The van der Waals surface area contributed by atoms with E-state index in [-0.39, 0.29) is 17.4 Å². The second-order valence-electron chi connectivity index (χ2n) is 4.26. The molecular weight excluding hydrogens is 256 g/mol.